The summed E-state index contributed by atoms with van der Waals surface area (Å²) in [6.45, 7) is 0. The molecule has 0 fully saturated rings. The molecule has 1 aromatic carbocycles. The highest BCUT2D eigenvalue weighted by Crippen LogP contribution is 2.32. The van der Waals surface area contributed by atoms with Gasteiger partial charge in [0.1, 0.15) is 5.82 Å². The Morgan fingerprint density at radius 1 is 1.53 bits per heavy atom. The molecule has 8 heteroatoms. The summed E-state index contributed by atoms with van der Waals surface area (Å²) in [6.07, 6.45) is 0. The third-order valence-corrected chi connectivity index (χ3v) is 3.09. The average Bonchev–Trinajstić information content (AvgIpc) is 2.82. The SMILES string of the molecule is COc1cc(C(=O)Nc2c(Cl)cc(F)cc2Br)on1. The summed E-state index contributed by atoms with van der Waals surface area (Å²) in [5.74, 6) is -0.972. The van der Waals surface area contributed by atoms with Gasteiger partial charge in [0.2, 0.25) is 5.76 Å². The first-order valence-corrected chi connectivity index (χ1v) is 6.15. The monoisotopic (exact) mass is 348 g/mol. The highest BCUT2D eigenvalue weighted by Gasteiger charge is 2.17. The van der Waals surface area contributed by atoms with Gasteiger partial charge in [-0.05, 0) is 33.2 Å². The van der Waals surface area contributed by atoms with Gasteiger partial charge in [0.05, 0.1) is 23.9 Å². The van der Waals surface area contributed by atoms with Crippen molar-refractivity contribution in [2.45, 2.75) is 0 Å². The van der Waals surface area contributed by atoms with Crippen molar-refractivity contribution < 1.29 is 18.4 Å². The quantitative estimate of drug-likeness (QED) is 0.921. The molecule has 2 rings (SSSR count). The Kier molecular flexibility index (Phi) is 4.06. The van der Waals surface area contributed by atoms with E-state index in [0.717, 1.165) is 6.07 Å². The van der Waals surface area contributed by atoms with Gasteiger partial charge in [-0.25, -0.2) is 4.39 Å². The molecule has 0 aliphatic heterocycles. The largest absolute Gasteiger partial charge is 0.479 e. The predicted molar refractivity (Wildman–Crippen MR) is 70.1 cm³/mol. The van der Waals surface area contributed by atoms with Gasteiger partial charge in [0.25, 0.3) is 11.8 Å². The van der Waals surface area contributed by atoms with Crippen LogP contribution >= 0.6 is 27.5 Å². The van der Waals surface area contributed by atoms with Crippen molar-refractivity contribution in [3.63, 3.8) is 0 Å². The van der Waals surface area contributed by atoms with E-state index in [1.54, 1.807) is 0 Å². The van der Waals surface area contributed by atoms with Crippen LogP contribution in [0.15, 0.2) is 27.2 Å². The van der Waals surface area contributed by atoms with Gasteiger partial charge in [-0.3, -0.25) is 4.79 Å². The van der Waals surface area contributed by atoms with Gasteiger partial charge in [0, 0.05) is 4.47 Å². The number of carbonyl (C=O) groups is 1. The van der Waals surface area contributed by atoms with Gasteiger partial charge in [-0.15, -0.1) is 0 Å². The van der Waals surface area contributed by atoms with E-state index in [0.29, 0.717) is 4.47 Å². The second-order valence-electron chi connectivity index (χ2n) is 3.43. The minimum absolute atomic E-state index is 0.0517. The number of nitrogens with one attached hydrogen (secondary N) is 1. The second-order valence-corrected chi connectivity index (χ2v) is 4.69. The molecule has 5 nitrogen and oxygen atoms in total. The summed E-state index contributed by atoms with van der Waals surface area (Å²) in [5.41, 5.74) is 0.239. The number of rotatable bonds is 3. The van der Waals surface area contributed by atoms with Crippen molar-refractivity contribution in [3.8, 4) is 5.88 Å². The number of methoxy groups -OCH3 is 1. The molecule has 0 unspecified atom stereocenters. The fourth-order valence-electron chi connectivity index (χ4n) is 1.30. The fraction of sp³-hybridized carbons (Fsp3) is 0.0909. The first-order chi connectivity index (χ1) is 9.01. The van der Waals surface area contributed by atoms with E-state index < -0.39 is 11.7 Å². The van der Waals surface area contributed by atoms with E-state index in [-0.39, 0.29) is 22.4 Å². The molecular formula is C11H7BrClFN2O3. The highest BCUT2D eigenvalue weighted by atomic mass is 79.9. The Bertz CT molecular complexity index is 609. The lowest BCUT2D eigenvalue weighted by Gasteiger charge is -2.07. The first kappa shape index (κ1) is 13.8. The third-order valence-electron chi connectivity index (χ3n) is 2.17. The van der Waals surface area contributed by atoms with Gasteiger partial charge in [0.15, 0.2) is 0 Å². The zero-order chi connectivity index (χ0) is 14.0. The van der Waals surface area contributed by atoms with E-state index >= 15 is 0 Å². The zero-order valence-corrected chi connectivity index (χ0v) is 11.9. The van der Waals surface area contributed by atoms with Crippen LogP contribution in [0.5, 0.6) is 5.88 Å². The third kappa shape index (κ3) is 3.05. The van der Waals surface area contributed by atoms with Gasteiger partial charge >= 0.3 is 0 Å². The molecular weight excluding hydrogens is 342 g/mol. The van der Waals surface area contributed by atoms with Crippen LogP contribution in [-0.2, 0) is 0 Å². The topological polar surface area (TPSA) is 64.4 Å². The zero-order valence-electron chi connectivity index (χ0n) is 9.54. The number of amides is 1. The number of hydrogen-bond acceptors (Lipinski definition) is 4. The number of nitrogens with zero attached hydrogens (tertiary/aromatic N) is 1. The molecule has 100 valence electrons. The maximum Gasteiger partial charge on any atom is 0.294 e. The van der Waals surface area contributed by atoms with Crippen molar-refractivity contribution in [2.75, 3.05) is 12.4 Å². The summed E-state index contributed by atoms with van der Waals surface area (Å²) in [6, 6.07) is 3.59. The number of carbonyl (C=O) groups excluding carboxylic acids is 1. The lowest BCUT2D eigenvalue weighted by molar-refractivity contribution is 0.0987. The lowest BCUT2D eigenvalue weighted by Crippen LogP contribution is -2.12. The molecule has 0 atom stereocenters. The van der Waals surface area contributed by atoms with Crippen LogP contribution in [0.4, 0.5) is 10.1 Å². The van der Waals surface area contributed by atoms with Crippen LogP contribution in [0.1, 0.15) is 10.6 Å². The fourth-order valence-corrected chi connectivity index (χ4v) is 2.20. The summed E-state index contributed by atoms with van der Waals surface area (Å²) in [4.78, 5) is 11.9. The molecule has 0 saturated carbocycles. The molecule has 0 aliphatic carbocycles. The number of halogens is 3. The van der Waals surface area contributed by atoms with E-state index in [1.807, 2.05) is 0 Å². The molecule has 19 heavy (non-hydrogen) atoms. The first-order valence-electron chi connectivity index (χ1n) is 4.98. The molecule has 0 saturated heterocycles. The van der Waals surface area contributed by atoms with Crippen molar-refractivity contribution in [1.82, 2.24) is 5.16 Å². The average molecular weight is 350 g/mol. The van der Waals surface area contributed by atoms with Crippen LogP contribution in [-0.4, -0.2) is 18.2 Å². The Morgan fingerprint density at radius 2 is 2.26 bits per heavy atom. The van der Waals surface area contributed by atoms with Crippen LogP contribution in [0.25, 0.3) is 0 Å². The maximum atomic E-state index is 13.0. The van der Waals surface area contributed by atoms with E-state index in [4.69, 9.17) is 20.9 Å². The molecule has 0 aliphatic rings. The molecule has 1 N–H and O–H groups in total. The number of benzene rings is 1. The highest BCUT2D eigenvalue weighted by molar-refractivity contribution is 9.10. The summed E-state index contributed by atoms with van der Waals surface area (Å²) >= 11 is 8.95. The van der Waals surface area contributed by atoms with E-state index in [1.165, 1.54) is 19.2 Å². The van der Waals surface area contributed by atoms with Crippen LogP contribution < -0.4 is 10.1 Å². The Morgan fingerprint density at radius 3 is 2.84 bits per heavy atom. The normalized spacial score (nSPS) is 10.3. The minimum Gasteiger partial charge on any atom is -0.479 e. The molecule has 1 amide bonds. The van der Waals surface area contributed by atoms with Crippen molar-refractivity contribution in [3.05, 3.63) is 39.3 Å². The Balaban J connectivity index is 2.24. The van der Waals surface area contributed by atoms with Gasteiger partial charge < -0.3 is 14.6 Å². The smallest absolute Gasteiger partial charge is 0.294 e. The second kappa shape index (κ2) is 5.58. The number of hydrogen-bond donors (Lipinski definition) is 1. The number of ether oxygens (including phenoxy) is 1. The molecule has 2 aromatic rings. The van der Waals surface area contributed by atoms with Gasteiger partial charge in [-0.1, -0.05) is 11.6 Å². The van der Waals surface area contributed by atoms with Crippen molar-refractivity contribution in [1.29, 1.82) is 0 Å². The molecule has 0 bridgehead atoms. The summed E-state index contributed by atoms with van der Waals surface area (Å²) in [7, 11) is 1.40. The molecule has 0 spiro atoms. The summed E-state index contributed by atoms with van der Waals surface area (Å²) < 4.78 is 22.9. The standard InChI is InChI=1S/C11H7BrClFN2O3/c1-18-9-4-8(19-16-9)11(17)15-10-6(12)2-5(14)3-7(10)13/h2-4H,1H3,(H,15,17). The van der Waals surface area contributed by atoms with E-state index in [9.17, 15) is 9.18 Å². The van der Waals surface area contributed by atoms with Crippen LogP contribution in [0, 0.1) is 5.82 Å². The number of anilines is 1. The minimum atomic E-state index is -0.579. The van der Waals surface area contributed by atoms with E-state index in [2.05, 4.69) is 26.4 Å². The maximum absolute atomic E-state index is 13.0. The predicted octanol–water partition coefficient (Wildman–Crippen LogP) is 3.49. The molecule has 1 aromatic heterocycles. The van der Waals surface area contributed by atoms with Crippen LogP contribution in [0.3, 0.4) is 0 Å². The van der Waals surface area contributed by atoms with Crippen molar-refractivity contribution >= 4 is 39.1 Å². The van der Waals surface area contributed by atoms with Crippen LogP contribution in [0.2, 0.25) is 5.02 Å². The summed E-state index contributed by atoms with van der Waals surface area (Å²) in [5, 5.41) is 6.04. The number of aromatic nitrogens is 1. The van der Waals surface area contributed by atoms with Gasteiger partial charge in [-0.2, -0.15) is 0 Å². The Labute approximate surface area is 120 Å². The molecule has 1 heterocycles. The lowest BCUT2D eigenvalue weighted by atomic mass is 10.3. The molecule has 0 radical (unpaired) electrons. The Hall–Kier alpha value is -1.60. The van der Waals surface area contributed by atoms with Crippen molar-refractivity contribution in [2.24, 2.45) is 0 Å².